The van der Waals surface area contributed by atoms with E-state index in [4.69, 9.17) is 37.8 Å². The first-order chi connectivity index (χ1) is 26.3. The Labute approximate surface area is 332 Å². The zero-order valence-electron chi connectivity index (χ0n) is 30.0. The number of amides is 1. The molecule has 14 nitrogen and oxygen atoms in total. The molecule has 0 saturated heterocycles. The van der Waals surface area contributed by atoms with Crippen molar-refractivity contribution in [2.45, 2.75) is 32.7 Å². The van der Waals surface area contributed by atoms with Crippen molar-refractivity contribution in [2.24, 2.45) is 11.8 Å². The third kappa shape index (κ3) is 11.9. The second-order valence-electron chi connectivity index (χ2n) is 12.7. The van der Waals surface area contributed by atoms with E-state index in [0.717, 1.165) is 30.6 Å². The molecule has 0 atom stereocenters. The SMILES string of the molecule is CC(C)COc1cc(F)cc(-c2cc(Cl)c(C(=O)NS(=O)(=O)c3cccc([N+](=O)[O-])n3)cn2)c1.CC(C)COc1cc(F)cc(-c2cc(Cl)c(C(=O)O)cn2)c1.[HH].[HH]. The molecular weight excluding hydrogens is 799 g/mol. The number of nitrogens with one attached hydrogen (secondary N) is 1. The van der Waals surface area contributed by atoms with Crippen LogP contribution in [-0.2, 0) is 10.0 Å². The van der Waals surface area contributed by atoms with Gasteiger partial charge in [0.25, 0.3) is 10.9 Å². The van der Waals surface area contributed by atoms with Gasteiger partial charge in [0, 0.05) is 50.6 Å². The Morgan fingerprint density at radius 1 is 0.839 bits per heavy atom. The van der Waals surface area contributed by atoms with Gasteiger partial charge in [-0.3, -0.25) is 14.8 Å². The lowest BCUT2D eigenvalue weighted by Gasteiger charge is -2.11. The summed E-state index contributed by atoms with van der Waals surface area (Å²) in [5.74, 6) is -2.79. The van der Waals surface area contributed by atoms with Gasteiger partial charge >= 0.3 is 21.8 Å². The lowest BCUT2D eigenvalue weighted by molar-refractivity contribution is -0.390. The van der Waals surface area contributed by atoms with Crippen LogP contribution in [0.3, 0.4) is 0 Å². The van der Waals surface area contributed by atoms with E-state index in [1.807, 2.05) is 27.7 Å². The number of carbonyl (C=O) groups is 2. The summed E-state index contributed by atoms with van der Waals surface area (Å²) < 4.78 is 65.4. The summed E-state index contributed by atoms with van der Waals surface area (Å²) in [6.45, 7) is 8.72. The Hall–Kier alpha value is -5.78. The monoisotopic (exact) mass is 835 g/mol. The van der Waals surface area contributed by atoms with E-state index in [1.54, 1.807) is 16.9 Å². The molecule has 5 rings (SSSR count). The number of hydrogen-bond donors (Lipinski definition) is 2. The number of halogens is 4. The number of sulfonamides is 1. The van der Waals surface area contributed by atoms with Crippen LogP contribution in [0.25, 0.3) is 22.5 Å². The standard InChI is InChI=1S/C21H18ClFN4O6S.C16H15ClFNO3.2H2/c1-12(2)11-33-15-7-13(6-14(23)8-15)18-9-17(22)16(10-24-18)21(28)26-34(31,32)20-5-3-4-19(25-20)27(29)30;1-9(2)8-22-12-4-10(3-11(18)5-12)15-6-14(17)13(7-19-15)16(20)21;;/h3-10,12H,11H2,1-2H3,(H,26,28);3-7,9H,8H2,1-2H3,(H,20,21);2*1H. The number of pyridine rings is 3. The Balaban J connectivity index is 0.000000421. The van der Waals surface area contributed by atoms with Crippen molar-refractivity contribution in [3.8, 4) is 34.0 Å². The molecule has 0 radical (unpaired) electrons. The second kappa shape index (κ2) is 18.7. The molecule has 0 aliphatic carbocycles. The number of carbonyl (C=O) groups excluding carboxylic acids is 1. The summed E-state index contributed by atoms with van der Waals surface area (Å²) >= 11 is 12.1. The van der Waals surface area contributed by atoms with Gasteiger partial charge in [-0.05, 0) is 64.2 Å². The number of aromatic carboxylic acids is 1. The molecule has 56 heavy (non-hydrogen) atoms. The summed E-state index contributed by atoms with van der Waals surface area (Å²) in [7, 11) is -4.54. The molecule has 298 valence electrons. The topological polar surface area (TPSA) is 201 Å². The van der Waals surface area contributed by atoms with Crippen molar-refractivity contribution >= 4 is 50.9 Å². The smallest absolute Gasteiger partial charge is 0.364 e. The van der Waals surface area contributed by atoms with E-state index >= 15 is 0 Å². The van der Waals surface area contributed by atoms with E-state index in [2.05, 4.69) is 15.0 Å². The first-order valence-electron chi connectivity index (χ1n) is 16.4. The van der Waals surface area contributed by atoms with Gasteiger partial charge in [0.2, 0.25) is 0 Å². The fourth-order valence-electron chi connectivity index (χ4n) is 4.50. The van der Waals surface area contributed by atoms with Crippen LogP contribution in [0, 0.1) is 33.6 Å². The quantitative estimate of drug-likeness (QED) is 0.0845. The third-order valence-corrected chi connectivity index (χ3v) is 8.94. The van der Waals surface area contributed by atoms with Gasteiger partial charge in [-0.15, -0.1) is 0 Å². The lowest BCUT2D eigenvalue weighted by atomic mass is 10.1. The molecule has 0 aliphatic rings. The number of carboxylic acids is 1. The van der Waals surface area contributed by atoms with E-state index in [9.17, 15) is 36.9 Å². The van der Waals surface area contributed by atoms with E-state index < -0.39 is 49.3 Å². The molecule has 2 N–H and O–H groups in total. The third-order valence-electron chi connectivity index (χ3n) is 7.08. The summed E-state index contributed by atoms with van der Waals surface area (Å²) in [5, 5.41) is 18.9. The maximum absolute atomic E-state index is 14.1. The number of nitro groups is 1. The molecule has 0 spiro atoms. The number of hydrogen-bond acceptors (Lipinski definition) is 11. The zero-order valence-corrected chi connectivity index (χ0v) is 32.3. The van der Waals surface area contributed by atoms with Crippen LogP contribution < -0.4 is 14.2 Å². The molecule has 3 heterocycles. The van der Waals surface area contributed by atoms with Crippen molar-refractivity contribution in [3.63, 3.8) is 0 Å². The van der Waals surface area contributed by atoms with Crippen molar-refractivity contribution < 1.29 is 49.1 Å². The van der Waals surface area contributed by atoms with Crippen LogP contribution in [0.15, 0.2) is 84.1 Å². The molecule has 0 saturated carbocycles. The lowest BCUT2D eigenvalue weighted by Crippen LogP contribution is -2.31. The Kier molecular flexibility index (Phi) is 14.3. The van der Waals surface area contributed by atoms with Gasteiger partial charge in [0.15, 0.2) is 0 Å². The second-order valence-corrected chi connectivity index (χ2v) is 15.1. The Morgan fingerprint density at radius 3 is 1.75 bits per heavy atom. The predicted octanol–water partition coefficient (Wildman–Crippen LogP) is 8.76. The fraction of sp³-hybridized carbons (Fsp3) is 0.216. The van der Waals surface area contributed by atoms with Gasteiger partial charge in [0.05, 0.1) is 45.8 Å². The summed E-state index contributed by atoms with van der Waals surface area (Å²) in [5.41, 5.74) is 1.02. The van der Waals surface area contributed by atoms with Crippen LogP contribution in [0.1, 0.15) is 51.3 Å². The number of ether oxygens (including phenoxy) is 2. The first kappa shape index (κ1) is 43.0. The number of nitrogens with zero attached hydrogens (tertiary/aromatic N) is 4. The maximum atomic E-state index is 14.1. The highest BCUT2D eigenvalue weighted by atomic mass is 35.5. The molecule has 5 aromatic rings. The largest absolute Gasteiger partial charge is 0.493 e. The van der Waals surface area contributed by atoms with E-state index in [0.29, 0.717) is 47.5 Å². The highest BCUT2D eigenvalue weighted by Gasteiger charge is 2.27. The van der Waals surface area contributed by atoms with E-state index in [1.165, 1.54) is 36.4 Å². The van der Waals surface area contributed by atoms with Crippen molar-refractivity contribution in [1.82, 2.24) is 19.7 Å². The minimum Gasteiger partial charge on any atom is -0.493 e. The van der Waals surface area contributed by atoms with Gasteiger partial charge in [0.1, 0.15) is 23.1 Å². The van der Waals surface area contributed by atoms with E-state index in [-0.39, 0.29) is 35.6 Å². The van der Waals surface area contributed by atoms with Crippen LogP contribution in [-0.4, -0.2) is 58.5 Å². The number of aromatic nitrogens is 3. The normalized spacial score (nSPS) is 11.1. The Morgan fingerprint density at radius 2 is 1.32 bits per heavy atom. The van der Waals surface area contributed by atoms with Gasteiger partial charge in [-0.2, -0.15) is 8.42 Å². The Bertz CT molecular complexity index is 2400. The molecule has 0 fully saturated rings. The van der Waals surface area contributed by atoms with Gasteiger partial charge in [-0.25, -0.2) is 18.3 Å². The van der Waals surface area contributed by atoms with Crippen molar-refractivity contribution in [2.75, 3.05) is 13.2 Å². The first-order valence-corrected chi connectivity index (χ1v) is 18.7. The number of benzene rings is 2. The molecule has 2 aromatic carbocycles. The predicted molar refractivity (Wildman–Crippen MR) is 207 cm³/mol. The molecular formula is C37H37Cl2F2N5O9S. The van der Waals surface area contributed by atoms with Crippen molar-refractivity contribution in [3.05, 3.63) is 122 Å². The average molecular weight is 837 g/mol. The van der Waals surface area contributed by atoms with Crippen LogP contribution in [0.4, 0.5) is 14.6 Å². The molecule has 0 unspecified atom stereocenters. The van der Waals surface area contributed by atoms with Crippen LogP contribution in [0.2, 0.25) is 10.0 Å². The maximum Gasteiger partial charge on any atom is 0.364 e. The molecule has 3 aromatic heterocycles. The van der Waals surface area contributed by atoms with Crippen LogP contribution >= 0.6 is 23.2 Å². The van der Waals surface area contributed by atoms with Crippen LogP contribution in [0.5, 0.6) is 11.5 Å². The minimum absolute atomic E-state index is 0. The minimum atomic E-state index is -4.54. The number of carboxylic acid groups (broad SMARTS) is 1. The molecule has 0 bridgehead atoms. The molecule has 1 amide bonds. The summed E-state index contributed by atoms with van der Waals surface area (Å²) in [6.07, 6.45) is 2.18. The van der Waals surface area contributed by atoms with Gasteiger partial charge < -0.3 is 24.7 Å². The fourth-order valence-corrected chi connectivity index (χ4v) is 5.90. The molecule has 0 aliphatic heterocycles. The number of rotatable bonds is 13. The van der Waals surface area contributed by atoms with Crippen molar-refractivity contribution in [1.29, 1.82) is 0 Å². The highest BCUT2D eigenvalue weighted by molar-refractivity contribution is 7.90. The average Bonchev–Trinajstić information content (AvgIpc) is 3.12. The summed E-state index contributed by atoms with van der Waals surface area (Å²) in [6, 6.07) is 14.0. The molecule has 19 heteroatoms. The highest BCUT2D eigenvalue weighted by Crippen LogP contribution is 2.29. The van der Waals surface area contributed by atoms with Gasteiger partial charge in [-0.1, -0.05) is 50.9 Å². The zero-order chi connectivity index (χ0) is 41.3. The summed E-state index contributed by atoms with van der Waals surface area (Å²) in [4.78, 5) is 44.9.